The second-order valence-corrected chi connectivity index (χ2v) is 6.97. The van der Waals surface area contributed by atoms with Crippen LogP contribution in [-0.4, -0.2) is 48.4 Å². The Morgan fingerprint density at radius 3 is 2.31 bits per heavy atom. The number of piperazine rings is 1. The second-order valence-electron chi connectivity index (χ2n) is 6.57. The summed E-state index contributed by atoms with van der Waals surface area (Å²) in [4.78, 5) is 16.7. The van der Waals surface area contributed by atoms with Gasteiger partial charge in [0, 0.05) is 43.7 Å². The molecule has 0 bridgehead atoms. The minimum atomic E-state index is 0. The molecule has 1 aliphatic heterocycles. The van der Waals surface area contributed by atoms with Crippen LogP contribution in [0.1, 0.15) is 50.6 Å². The van der Waals surface area contributed by atoms with Crippen LogP contribution in [0.25, 0.3) is 0 Å². The van der Waals surface area contributed by atoms with Crippen LogP contribution in [0.15, 0.2) is 24.3 Å². The minimum absolute atomic E-state index is 0. The molecule has 1 heterocycles. The Balaban J connectivity index is 0.00000312. The molecule has 1 aromatic carbocycles. The monoisotopic (exact) mass is 423 g/mol. The van der Waals surface area contributed by atoms with Gasteiger partial charge in [0.1, 0.15) is 0 Å². The first kappa shape index (κ1) is 25.5. The number of carbonyl (C=O) groups is 1. The molecule has 150 valence electrons. The number of halogens is 3. The number of hydrogen-bond acceptors (Lipinski definition) is 3. The van der Waals surface area contributed by atoms with Gasteiger partial charge in [-0.1, -0.05) is 42.6 Å². The fourth-order valence-electron chi connectivity index (χ4n) is 3.30. The van der Waals surface area contributed by atoms with Crippen LogP contribution in [0.3, 0.4) is 0 Å². The van der Waals surface area contributed by atoms with Crippen molar-refractivity contribution in [1.29, 1.82) is 0 Å². The van der Waals surface area contributed by atoms with Gasteiger partial charge in [-0.25, -0.2) is 0 Å². The first-order valence-corrected chi connectivity index (χ1v) is 9.47. The summed E-state index contributed by atoms with van der Waals surface area (Å²) in [7, 11) is 0. The van der Waals surface area contributed by atoms with Crippen molar-refractivity contribution in [1.82, 2.24) is 9.80 Å². The molecule has 1 amide bonds. The molecule has 1 aliphatic rings. The molecule has 1 aromatic rings. The van der Waals surface area contributed by atoms with E-state index >= 15 is 0 Å². The quantitative estimate of drug-likeness (QED) is 0.633. The lowest BCUT2D eigenvalue weighted by molar-refractivity contribution is -0.133. The van der Waals surface area contributed by atoms with Crippen molar-refractivity contribution in [2.45, 2.75) is 45.1 Å². The van der Waals surface area contributed by atoms with Crippen molar-refractivity contribution in [2.75, 3.05) is 32.7 Å². The highest BCUT2D eigenvalue weighted by molar-refractivity contribution is 6.31. The Kier molecular flexibility index (Phi) is 13.3. The van der Waals surface area contributed by atoms with Crippen molar-refractivity contribution in [3.8, 4) is 0 Å². The maximum absolute atomic E-state index is 12.3. The zero-order valence-corrected chi connectivity index (χ0v) is 17.9. The zero-order valence-electron chi connectivity index (χ0n) is 15.5. The average Bonchev–Trinajstić information content (AvgIpc) is 2.61. The third kappa shape index (κ3) is 7.61. The predicted molar refractivity (Wildman–Crippen MR) is 115 cm³/mol. The summed E-state index contributed by atoms with van der Waals surface area (Å²) < 4.78 is 0. The van der Waals surface area contributed by atoms with Crippen LogP contribution in [0.5, 0.6) is 0 Å². The topological polar surface area (TPSA) is 49.6 Å². The first-order valence-electron chi connectivity index (χ1n) is 9.10. The van der Waals surface area contributed by atoms with E-state index < -0.39 is 0 Å². The van der Waals surface area contributed by atoms with E-state index in [0.29, 0.717) is 12.3 Å². The van der Waals surface area contributed by atoms with Crippen LogP contribution < -0.4 is 5.73 Å². The molecule has 0 aliphatic carbocycles. The van der Waals surface area contributed by atoms with Gasteiger partial charge in [0.25, 0.3) is 0 Å². The van der Waals surface area contributed by atoms with E-state index in [1.807, 2.05) is 23.1 Å². The zero-order chi connectivity index (χ0) is 17.4. The third-order valence-electron chi connectivity index (χ3n) is 4.91. The van der Waals surface area contributed by atoms with Crippen LogP contribution in [0.2, 0.25) is 5.02 Å². The highest BCUT2D eigenvalue weighted by Gasteiger charge is 2.25. The summed E-state index contributed by atoms with van der Waals surface area (Å²) in [6.45, 7) is 6.39. The third-order valence-corrected chi connectivity index (χ3v) is 5.26. The number of benzene rings is 1. The molecule has 0 radical (unpaired) electrons. The smallest absolute Gasteiger partial charge is 0.222 e. The van der Waals surface area contributed by atoms with E-state index in [1.54, 1.807) is 0 Å². The summed E-state index contributed by atoms with van der Waals surface area (Å²) in [5.74, 6) is 0.299. The van der Waals surface area contributed by atoms with Crippen LogP contribution in [0.4, 0.5) is 0 Å². The maximum atomic E-state index is 12.3. The van der Waals surface area contributed by atoms with Crippen molar-refractivity contribution in [3.63, 3.8) is 0 Å². The van der Waals surface area contributed by atoms with Crippen molar-refractivity contribution >= 4 is 42.3 Å². The Morgan fingerprint density at radius 1 is 1.08 bits per heavy atom. The maximum Gasteiger partial charge on any atom is 0.222 e. The number of hydrogen-bond donors (Lipinski definition) is 1. The summed E-state index contributed by atoms with van der Waals surface area (Å²) in [6.07, 6.45) is 4.95. The number of nitrogens with two attached hydrogens (primary N) is 1. The molecule has 1 atom stereocenters. The molecular formula is C19H32Cl3N3O. The van der Waals surface area contributed by atoms with Gasteiger partial charge in [0.05, 0.1) is 0 Å². The molecule has 0 saturated carbocycles. The van der Waals surface area contributed by atoms with Crippen molar-refractivity contribution < 1.29 is 4.79 Å². The average molecular weight is 425 g/mol. The standard InChI is InChI=1S/C19H30ClN3O.2ClH/c1-16(17-8-5-6-9-18(17)20)22-12-14-23(15-13-22)19(24)10-4-2-3-7-11-21;;/h5-6,8-9,16H,2-4,7,10-15,21H2,1H3;2*1H. The Labute approximate surface area is 175 Å². The molecule has 26 heavy (non-hydrogen) atoms. The number of nitrogens with zero attached hydrogens (tertiary/aromatic N) is 2. The largest absolute Gasteiger partial charge is 0.340 e. The van der Waals surface area contributed by atoms with Crippen molar-refractivity contribution in [3.05, 3.63) is 34.9 Å². The van der Waals surface area contributed by atoms with E-state index in [-0.39, 0.29) is 30.9 Å². The summed E-state index contributed by atoms with van der Waals surface area (Å²) in [5, 5.41) is 0.820. The van der Waals surface area contributed by atoms with E-state index in [9.17, 15) is 4.79 Å². The number of unbranched alkanes of at least 4 members (excludes halogenated alkanes) is 3. The van der Waals surface area contributed by atoms with E-state index in [0.717, 1.165) is 63.4 Å². The minimum Gasteiger partial charge on any atom is -0.340 e. The Morgan fingerprint density at radius 2 is 1.69 bits per heavy atom. The fraction of sp³-hybridized carbons (Fsp3) is 0.632. The summed E-state index contributed by atoms with van der Waals surface area (Å²) in [5.41, 5.74) is 6.65. The lowest BCUT2D eigenvalue weighted by Gasteiger charge is -2.38. The van der Waals surface area contributed by atoms with Crippen LogP contribution in [0, 0.1) is 0 Å². The van der Waals surface area contributed by atoms with Gasteiger partial charge in [-0.2, -0.15) is 0 Å². The van der Waals surface area contributed by atoms with Gasteiger partial charge < -0.3 is 10.6 Å². The van der Waals surface area contributed by atoms with Crippen LogP contribution >= 0.6 is 36.4 Å². The lowest BCUT2D eigenvalue weighted by Crippen LogP contribution is -2.49. The predicted octanol–water partition coefficient (Wildman–Crippen LogP) is 4.30. The lowest BCUT2D eigenvalue weighted by atomic mass is 10.1. The fourth-order valence-corrected chi connectivity index (χ4v) is 3.60. The van der Waals surface area contributed by atoms with E-state index in [4.69, 9.17) is 17.3 Å². The first-order chi connectivity index (χ1) is 11.6. The highest BCUT2D eigenvalue weighted by atomic mass is 35.5. The van der Waals surface area contributed by atoms with Gasteiger partial charge >= 0.3 is 0 Å². The summed E-state index contributed by atoms with van der Waals surface area (Å²) >= 11 is 6.31. The normalized spacial score (nSPS) is 15.7. The van der Waals surface area contributed by atoms with Gasteiger partial charge in [-0.3, -0.25) is 9.69 Å². The molecule has 7 heteroatoms. The van der Waals surface area contributed by atoms with Crippen molar-refractivity contribution in [2.24, 2.45) is 5.73 Å². The molecule has 4 nitrogen and oxygen atoms in total. The molecule has 2 N–H and O–H groups in total. The number of carbonyl (C=O) groups excluding carboxylic acids is 1. The van der Waals surface area contributed by atoms with Gasteiger partial charge in [-0.05, 0) is 37.9 Å². The number of rotatable bonds is 8. The molecular weight excluding hydrogens is 393 g/mol. The molecule has 0 aromatic heterocycles. The Bertz CT molecular complexity index is 523. The van der Waals surface area contributed by atoms with E-state index in [1.165, 1.54) is 5.56 Å². The molecule has 0 spiro atoms. The molecule has 2 rings (SSSR count). The van der Waals surface area contributed by atoms with Gasteiger partial charge in [0.2, 0.25) is 5.91 Å². The highest BCUT2D eigenvalue weighted by Crippen LogP contribution is 2.27. The van der Waals surface area contributed by atoms with E-state index in [2.05, 4.69) is 17.9 Å². The SMILES string of the molecule is CC(c1ccccc1Cl)N1CCN(C(=O)CCCCCCN)CC1.Cl.Cl. The van der Waals surface area contributed by atoms with Gasteiger partial charge in [-0.15, -0.1) is 24.8 Å². The van der Waals surface area contributed by atoms with Gasteiger partial charge in [0.15, 0.2) is 0 Å². The molecule has 1 saturated heterocycles. The summed E-state index contributed by atoms with van der Waals surface area (Å²) in [6, 6.07) is 8.31. The van der Waals surface area contributed by atoms with Crippen LogP contribution in [-0.2, 0) is 4.79 Å². The second kappa shape index (κ2) is 13.6. The molecule has 1 unspecified atom stereocenters. The molecule has 1 fully saturated rings. The Hall–Kier alpha value is -0.520. The number of amides is 1.